The molecular weight excluding hydrogens is 302 g/mol. The quantitative estimate of drug-likeness (QED) is 0.585. The van der Waals surface area contributed by atoms with E-state index < -0.39 is 5.54 Å². The second kappa shape index (κ2) is 9.42. The van der Waals surface area contributed by atoms with Crippen LogP contribution in [0.1, 0.15) is 24.0 Å². The summed E-state index contributed by atoms with van der Waals surface area (Å²) in [6, 6.07) is 18.3. The number of hydrogen-bond acceptors (Lipinski definition) is 4. The van der Waals surface area contributed by atoms with Gasteiger partial charge < -0.3 is 20.7 Å². The maximum absolute atomic E-state index is 9.21. The summed E-state index contributed by atoms with van der Waals surface area (Å²) in [7, 11) is 0. The Labute approximate surface area is 143 Å². The summed E-state index contributed by atoms with van der Waals surface area (Å²) in [5, 5.41) is 18.4. The lowest BCUT2D eigenvalue weighted by molar-refractivity contribution is 0.115. The van der Waals surface area contributed by atoms with Crippen molar-refractivity contribution in [3.63, 3.8) is 0 Å². The van der Waals surface area contributed by atoms with Gasteiger partial charge in [0.25, 0.3) is 0 Å². The van der Waals surface area contributed by atoms with Crippen molar-refractivity contribution in [2.75, 3.05) is 19.8 Å². The molecule has 4 heteroatoms. The highest BCUT2D eigenvalue weighted by atomic mass is 16.5. The van der Waals surface area contributed by atoms with Gasteiger partial charge in [0.2, 0.25) is 0 Å². The van der Waals surface area contributed by atoms with E-state index in [9.17, 15) is 10.2 Å². The molecule has 0 saturated carbocycles. The lowest BCUT2D eigenvalue weighted by Gasteiger charge is -2.24. The topological polar surface area (TPSA) is 75.7 Å². The third kappa shape index (κ3) is 5.96. The Bertz CT molecular complexity index is 580. The number of aliphatic hydroxyl groups is 2. The molecule has 0 fully saturated rings. The highest BCUT2D eigenvalue weighted by molar-refractivity contribution is 5.27. The lowest BCUT2D eigenvalue weighted by atomic mass is 9.94. The van der Waals surface area contributed by atoms with Gasteiger partial charge in [-0.1, -0.05) is 42.5 Å². The molecule has 2 rings (SSSR count). The van der Waals surface area contributed by atoms with Crippen LogP contribution in [0.5, 0.6) is 5.75 Å². The van der Waals surface area contributed by atoms with Gasteiger partial charge in [0.05, 0.1) is 25.4 Å². The molecule has 0 aliphatic heterocycles. The molecule has 4 N–H and O–H groups in total. The van der Waals surface area contributed by atoms with Crippen molar-refractivity contribution in [2.45, 2.75) is 31.2 Å². The van der Waals surface area contributed by atoms with Gasteiger partial charge in [0.15, 0.2) is 0 Å². The first-order valence-electron chi connectivity index (χ1n) is 8.41. The first kappa shape index (κ1) is 18.5. The van der Waals surface area contributed by atoms with Crippen LogP contribution in [0, 0.1) is 0 Å². The van der Waals surface area contributed by atoms with Crippen molar-refractivity contribution < 1.29 is 14.9 Å². The molecule has 2 aromatic carbocycles. The summed E-state index contributed by atoms with van der Waals surface area (Å²) >= 11 is 0. The van der Waals surface area contributed by atoms with Gasteiger partial charge in [0.1, 0.15) is 5.75 Å². The third-order valence-corrected chi connectivity index (χ3v) is 4.19. The largest absolute Gasteiger partial charge is 0.494 e. The highest BCUT2D eigenvalue weighted by Crippen LogP contribution is 2.16. The van der Waals surface area contributed by atoms with Crippen molar-refractivity contribution in [1.82, 2.24) is 0 Å². The molecule has 130 valence electrons. The molecule has 0 amide bonds. The molecule has 0 heterocycles. The van der Waals surface area contributed by atoms with E-state index in [1.807, 2.05) is 30.3 Å². The van der Waals surface area contributed by atoms with Crippen LogP contribution in [-0.4, -0.2) is 35.6 Å². The van der Waals surface area contributed by atoms with Gasteiger partial charge in [-0.3, -0.25) is 0 Å². The minimum absolute atomic E-state index is 0.216. The van der Waals surface area contributed by atoms with Crippen LogP contribution in [0.3, 0.4) is 0 Å². The van der Waals surface area contributed by atoms with Crippen molar-refractivity contribution >= 4 is 0 Å². The summed E-state index contributed by atoms with van der Waals surface area (Å²) in [5.41, 5.74) is 7.41. The predicted molar refractivity (Wildman–Crippen MR) is 96.1 cm³/mol. The van der Waals surface area contributed by atoms with Crippen LogP contribution in [-0.2, 0) is 12.8 Å². The standard InChI is InChI=1S/C20H27NO3/c21-20(15-22,16-23)13-12-18-8-10-19(11-9-18)24-14-4-7-17-5-2-1-3-6-17/h1-3,5-6,8-11,22-23H,4,7,12-16,21H2. The fraction of sp³-hybridized carbons (Fsp3) is 0.400. The Morgan fingerprint density at radius 1 is 0.833 bits per heavy atom. The first-order valence-corrected chi connectivity index (χ1v) is 8.41. The second-order valence-corrected chi connectivity index (χ2v) is 6.26. The van der Waals surface area contributed by atoms with E-state index in [4.69, 9.17) is 10.5 Å². The van der Waals surface area contributed by atoms with Crippen LogP contribution in [0.4, 0.5) is 0 Å². The smallest absolute Gasteiger partial charge is 0.119 e. The van der Waals surface area contributed by atoms with Crippen LogP contribution >= 0.6 is 0 Å². The van der Waals surface area contributed by atoms with Gasteiger partial charge >= 0.3 is 0 Å². The molecule has 0 spiro atoms. The SMILES string of the molecule is NC(CO)(CO)CCc1ccc(OCCCc2ccccc2)cc1. The number of aliphatic hydroxyl groups excluding tert-OH is 2. The average Bonchev–Trinajstić information content (AvgIpc) is 2.65. The zero-order valence-corrected chi connectivity index (χ0v) is 14.0. The minimum Gasteiger partial charge on any atom is -0.494 e. The summed E-state index contributed by atoms with van der Waals surface area (Å²) < 4.78 is 5.77. The van der Waals surface area contributed by atoms with Crippen molar-refractivity contribution in [3.05, 3.63) is 65.7 Å². The predicted octanol–water partition coefficient (Wildman–Crippen LogP) is 2.31. The summed E-state index contributed by atoms with van der Waals surface area (Å²) in [6.45, 7) is 0.257. The summed E-state index contributed by atoms with van der Waals surface area (Å²) in [6.07, 6.45) is 3.25. The highest BCUT2D eigenvalue weighted by Gasteiger charge is 2.22. The van der Waals surface area contributed by atoms with Gasteiger partial charge in [-0.2, -0.15) is 0 Å². The Morgan fingerprint density at radius 2 is 1.46 bits per heavy atom. The lowest BCUT2D eigenvalue weighted by Crippen LogP contribution is -2.47. The van der Waals surface area contributed by atoms with Crippen molar-refractivity contribution in [1.29, 1.82) is 0 Å². The molecule has 0 saturated heterocycles. The maximum atomic E-state index is 9.21. The van der Waals surface area contributed by atoms with E-state index in [2.05, 4.69) is 24.3 Å². The summed E-state index contributed by atoms with van der Waals surface area (Å²) in [5.74, 6) is 0.857. The number of nitrogens with two attached hydrogens (primary N) is 1. The molecule has 0 radical (unpaired) electrons. The zero-order chi connectivity index (χ0) is 17.3. The van der Waals surface area contributed by atoms with E-state index in [1.54, 1.807) is 0 Å². The van der Waals surface area contributed by atoms with E-state index in [1.165, 1.54) is 5.56 Å². The van der Waals surface area contributed by atoms with E-state index >= 15 is 0 Å². The van der Waals surface area contributed by atoms with E-state index in [-0.39, 0.29) is 13.2 Å². The molecule has 4 nitrogen and oxygen atoms in total. The van der Waals surface area contributed by atoms with Crippen LogP contribution in [0.15, 0.2) is 54.6 Å². The molecule has 0 atom stereocenters. The molecule has 0 aromatic heterocycles. The molecule has 24 heavy (non-hydrogen) atoms. The maximum Gasteiger partial charge on any atom is 0.119 e. The number of benzene rings is 2. The zero-order valence-electron chi connectivity index (χ0n) is 14.0. The van der Waals surface area contributed by atoms with Gasteiger partial charge in [-0.15, -0.1) is 0 Å². The third-order valence-electron chi connectivity index (χ3n) is 4.19. The van der Waals surface area contributed by atoms with E-state index in [0.29, 0.717) is 19.4 Å². The minimum atomic E-state index is -0.910. The van der Waals surface area contributed by atoms with Crippen LogP contribution < -0.4 is 10.5 Å². The Morgan fingerprint density at radius 3 is 2.08 bits per heavy atom. The molecular formula is C20H27NO3. The monoisotopic (exact) mass is 329 g/mol. The molecule has 0 aliphatic carbocycles. The Balaban J connectivity index is 1.72. The van der Waals surface area contributed by atoms with Gasteiger partial charge in [-0.25, -0.2) is 0 Å². The Kier molecular flexibility index (Phi) is 7.25. The fourth-order valence-corrected chi connectivity index (χ4v) is 2.46. The molecule has 0 bridgehead atoms. The second-order valence-electron chi connectivity index (χ2n) is 6.26. The summed E-state index contributed by atoms with van der Waals surface area (Å²) in [4.78, 5) is 0. The van der Waals surface area contributed by atoms with E-state index in [0.717, 1.165) is 24.2 Å². The van der Waals surface area contributed by atoms with Gasteiger partial charge in [0, 0.05) is 0 Å². The molecule has 0 unspecified atom stereocenters. The number of rotatable bonds is 10. The number of aryl methyl sites for hydroxylation is 2. The Hall–Kier alpha value is -1.88. The number of hydrogen-bond donors (Lipinski definition) is 3. The normalized spacial score (nSPS) is 11.5. The van der Waals surface area contributed by atoms with Crippen LogP contribution in [0.25, 0.3) is 0 Å². The van der Waals surface area contributed by atoms with Gasteiger partial charge in [-0.05, 0) is 48.9 Å². The average molecular weight is 329 g/mol. The fourth-order valence-electron chi connectivity index (χ4n) is 2.46. The van der Waals surface area contributed by atoms with Crippen molar-refractivity contribution in [3.8, 4) is 5.75 Å². The molecule has 0 aliphatic rings. The van der Waals surface area contributed by atoms with Crippen molar-refractivity contribution in [2.24, 2.45) is 5.73 Å². The van der Waals surface area contributed by atoms with Crippen LogP contribution in [0.2, 0.25) is 0 Å². The first-order chi connectivity index (χ1) is 11.6. The number of ether oxygens (including phenoxy) is 1. The molecule has 2 aromatic rings.